The molecule has 0 fully saturated rings. The molecule has 2 amide bonds. The molecule has 0 saturated carbocycles. The van der Waals surface area contributed by atoms with Gasteiger partial charge in [-0.05, 0) is 41.3 Å². The van der Waals surface area contributed by atoms with Gasteiger partial charge in [-0.3, -0.25) is 9.36 Å². The van der Waals surface area contributed by atoms with Crippen LogP contribution in [0.1, 0.15) is 16.7 Å². The Morgan fingerprint density at radius 2 is 1.32 bits per heavy atom. The molecule has 5 N–H and O–H groups in total. The first-order valence-corrected chi connectivity index (χ1v) is 17.1. The van der Waals surface area contributed by atoms with Crippen LogP contribution in [0, 0.1) is 5.92 Å². The SMILES string of the molecule is O=C(N[C@@H](Cc1ccccc1)P(=O)(O)C[C@@H](Cc1ccccc1)C(=O)N[C@@H](Cc1c[nH]c2ccccc12)C(=O)O)Oc1ccccc1. The van der Waals surface area contributed by atoms with Crippen LogP contribution < -0.4 is 15.4 Å². The Bertz CT molecular complexity index is 1850. The van der Waals surface area contributed by atoms with Gasteiger partial charge >= 0.3 is 12.1 Å². The van der Waals surface area contributed by atoms with E-state index in [-0.39, 0.29) is 25.0 Å². The molecule has 0 radical (unpaired) electrons. The summed E-state index contributed by atoms with van der Waals surface area (Å²) in [7, 11) is -4.36. The molecular weight excluding hydrogens is 617 g/mol. The number of carboxylic acids is 1. The maximum absolute atomic E-state index is 14.2. The molecule has 1 aromatic heterocycles. The number of fused-ring (bicyclic) bond motifs is 1. The maximum Gasteiger partial charge on any atom is 0.413 e. The number of carbonyl (C=O) groups excluding carboxylic acids is 2. The molecule has 4 aromatic carbocycles. The van der Waals surface area contributed by atoms with E-state index < -0.39 is 49.2 Å². The van der Waals surface area contributed by atoms with E-state index >= 15 is 0 Å². The highest BCUT2D eigenvalue weighted by molar-refractivity contribution is 7.58. The number of benzene rings is 4. The van der Waals surface area contributed by atoms with Crippen molar-refractivity contribution in [3.8, 4) is 5.75 Å². The summed E-state index contributed by atoms with van der Waals surface area (Å²) >= 11 is 0. The first kappa shape index (κ1) is 33.2. The molecule has 4 atom stereocenters. The summed E-state index contributed by atoms with van der Waals surface area (Å²) in [6, 6.07) is 32.4. The van der Waals surface area contributed by atoms with E-state index in [0.29, 0.717) is 11.1 Å². The fourth-order valence-electron chi connectivity index (χ4n) is 5.48. The number of amides is 2. The third-order valence-corrected chi connectivity index (χ3v) is 10.1. The molecule has 0 bridgehead atoms. The summed E-state index contributed by atoms with van der Waals surface area (Å²) < 4.78 is 19.6. The summed E-state index contributed by atoms with van der Waals surface area (Å²) in [5.41, 5.74) is 2.97. The van der Waals surface area contributed by atoms with Crippen molar-refractivity contribution in [2.24, 2.45) is 5.92 Å². The van der Waals surface area contributed by atoms with Crippen LogP contribution in [0.25, 0.3) is 10.9 Å². The van der Waals surface area contributed by atoms with E-state index in [1.807, 2.05) is 36.4 Å². The van der Waals surface area contributed by atoms with Crippen LogP contribution in [-0.2, 0) is 33.4 Å². The zero-order valence-electron chi connectivity index (χ0n) is 25.5. The quantitative estimate of drug-likeness (QED) is 0.0953. The second-order valence-electron chi connectivity index (χ2n) is 11.3. The van der Waals surface area contributed by atoms with Crippen molar-refractivity contribution in [2.75, 3.05) is 6.16 Å². The fourth-order valence-corrected chi connectivity index (χ4v) is 7.47. The van der Waals surface area contributed by atoms with Gasteiger partial charge in [0.2, 0.25) is 13.3 Å². The van der Waals surface area contributed by atoms with E-state index in [1.165, 1.54) is 0 Å². The molecule has 0 aliphatic heterocycles. The Hall–Kier alpha value is -5.18. The van der Waals surface area contributed by atoms with Gasteiger partial charge in [-0.2, -0.15) is 0 Å². The minimum Gasteiger partial charge on any atom is -0.480 e. The smallest absolute Gasteiger partial charge is 0.413 e. The Balaban J connectivity index is 1.39. The maximum atomic E-state index is 14.2. The first-order valence-electron chi connectivity index (χ1n) is 15.2. The van der Waals surface area contributed by atoms with Crippen molar-refractivity contribution in [1.82, 2.24) is 15.6 Å². The van der Waals surface area contributed by atoms with Crippen molar-refractivity contribution in [1.29, 1.82) is 0 Å². The molecule has 10 nitrogen and oxygen atoms in total. The van der Waals surface area contributed by atoms with Crippen molar-refractivity contribution in [2.45, 2.75) is 31.1 Å². The van der Waals surface area contributed by atoms with Gasteiger partial charge < -0.3 is 30.4 Å². The molecule has 5 aromatic rings. The minimum atomic E-state index is -4.36. The number of rotatable bonds is 14. The molecule has 0 aliphatic carbocycles. The van der Waals surface area contributed by atoms with E-state index in [9.17, 15) is 28.9 Å². The fraction of sp³-hybridized carbons (Fsp3) is 0.194. The Kier molecular flexibility index (Phi) is 10.9. The predicted molar refractivity (Wildman–Crippen MR) is 179 cm³/mol. The number of aliphatic carboxylic acids is 1. The van der Waals surface area contributed by atoms with Gasteiger partial charge in [0.15, 0.2) is 0 Å². The lowest BCUT2D eigenvalue weighted by molar-refractivity contribution is -0.142. The molecule has 11 heteroatoms. The monoisotopic (exact) mass is 653 g/mol. The minimum absolute atomic E-state index is 0.00342. The zero-order chi connectivity index (χ0) is 33.2. The molecule has 242 valence electrons. The third kappa shape index (κ3) is 9.19. The largest absolute Gasteiger partial charge is 0.480 e. The molecule has 1 unspecified atom stereocenters. The van der Waals surface area contributed by atoms with E-state index in [4.69, 9.17) is 4.74 Å². The van der Waals surface area contributed by atoms with Crippen LogP contribution in [0.5, 0.6) is 5.75 Å². The average Bonchev–Trinajstić information content (AvgIpc) is 3.47. The molecular formula is C36H36N3O7P. The van der Waals surface area contributed by atoms with Gasteiger partial charge in [0.25, 0.3) is 0 Å². The second kappa shape index (κ2) is 15.4. The molecule has 0 aliphatic rings. The zero-order valence-corrected chi connectivity index (χ0v) is 26.4. The van der Waals surface area contributed by atoms with Gasteiger partial charge in [-0.25, -0.2) is 9.59 Å². The lowest BCUT2D eigenvalue weighted by atomic mass is 9.99. The van der Waals surface area contributed by atoms with Crippen molar-refractivity contribution < 1.29 is 33.7 Å². The molecule has 1 heterocycles. The number of aromatic nitrogens is 1. The highest BCUT2D eigenvalue weighted by Gasteiger charge is 2.38. The van der Waals surface area contributed by atoms with Crippen LogP contribution in [-0.4, -0.2) is 50.9 Å². The first-order chi connectivity index (χ1) is 22.7. The summed E-state index contributed by atoms with van der Waals surface area (Å²) in [6.45, 7) is 0. The van der Waals surface area contributed by atoms with Gasteiger partial charge in [0, 0.05) is 36.1 Å². The summed E-state index contributed by atoms with van der Waals surface area (Å²) in [5.74, 6) is -4.05. The topological polar surface area (TPSA) is 158 Å². The Morgan fingerprint density at radius 1 is 0.745 bits per heavy atom. The third-order valence-electron chi connectivity index (χ3n) is 7.89. The van der Waals surface area contributed by atoms with Crippen LogP contribution in [0.15, 0.2) is 121 Å². The number of nitrogens with one attached hydrogen (secondary N) is 3. The normalized spacial score (nSPS) is 14.3. The lowest BCUT2D eigenvalue weighted by Gasteiger charge is -2.28. The Morgan fingerprint density at radius 3 is 1.96 bits per heavy atom. The van der Waals surface area contributed by atoms with Gasteiger partial charge in [0.05, 0.1) is 5.92 Å². The molecule has 0 spiro atoms. The Labute approximate surface area is 272 Å². The highest BCUT2D eigenvalue weighted by atomic mass is 31.2. The summed E-state index contributed by atoms with van der Waals surface area (Å²) in [4.78, 5) is 53.8. The molecule has 5 rings (SSSR count). The van der Waals surface area contributed by atoms with Gasteiger partial charge in [-0.15, -0.1) is 0 Å². The lowest BCUT2D eigenvalue weighted by Crippen LogP contribution is -2.47. The molecule has 0 saturated heterocycles. The number of para-hydroxylation sites is 2. The highest BCUT2D eigenvalue weighted by Crippen LogP contribution is 2.48. The van der Waals surface area contributed by atoms with Crippen molar-refractivity contribution in [3.05, 3.63) is 138 Å². The van der Waals surface area contributed by atoms with Crippen molar-refractivity contribution >= 4 is 36.2 Å². The number of ether oxygens (including phenoxy) is 1. The van der Waals surface area contributed by atoms with E-state index in [2.05, 4.69) is 15.6 Å². The van der Waals surface area contributed by atoms with E-state index in [0.717, 1.165) is 16.5 Å². The number of aromatic amines is 1. The second-order valence-corrected chi connectivity index (χ2v) is 13.8. The van der Waals surface area contributed by atoms with Gasteiger partial charge in [-0.1, -0.05) is 97.1 Å². The van der Waals surface area contributed by atoms with Crippen LogP contribution in [0.3, 0.4) is 0 Å². The standard InChI is InChI=1S/C36H36N3O7P/c40-34(38-32(35(41)42)22-27-23-37-31-19-11-10-18-30(27)31)28(20-25-12-4-1-5-13-25)24-47(44,45)33(21-26-14-6-2-7-15-26)39-36(43)46-29-16-8-3-9-17-29/h1-19,23,28,32-33,37H,20-22,24H2,(H,38,40)(H,39,43)(H,41,42)(H,44,45)/t28-,32+,33-/m1/s1. The van der Waals surface area contributed by atoms with Crippen LogP contribution in [0.4, 0.5) is 4.79 Å². The predicted octanol–water partition coefficient (Wildman–Crippen LogP) is 5.77. The summed E-state index contributed by atoms with van der Waals surface area (Å²) in [5, 5.41) is 16.1. The number of carbonyl (C=O) groups is 3. The van der Waals surface area contributed by atoms with Crippen LogP contribution in [0.2, 0.25) is 0 Å². The van der Waals surface area contributed by atoms with Crippen molar-refractivity contribution in [3.63, 3.8) is 0 Å². The number of hydrogen-bond donors (Lipinski definition) is 5. The molecule has 47 heavy (non-hydrogen) atoms. The van der Waals surface area contributed by atoms with Gasteiger partial charge in [0.1, 0.15) is 17.6 Å². The number of H-pyrrole nitrogens is 1. The van der Waals surface area contributed by atoms with Crippen LogP contribution >= 0.6 is 7.37 Å². The number of carboxylic acid groups (broad SMARTS) is 1. The summed E-state index contributed by atoms with van der Waals surface area (Å²) in [6.07, 6.45) is 0.351. The van der Waals surface area contributed by atoms with E-state index in [1.54, 1.807) is 85.1 Å². The number of hydrogen-bond acceptors (Lipinski definition) is 5. The average molecular weight is 654 g/mol.